The fourth-order valence-corrected chi connectivity index (χ4v) is 1.88. The fourth-order valence-electron chi connectivity index (χ4n) is 1.88. The molecule has 0 aliphatic carbocycles. The number of benzene rings is 1. The summed E-state index contributed by atoms with van der Waals surface area (Å²) >= 11 is 0. The molecule has 1 aliphatic heterocycles. The summed E-state index contributed by atoms with van der Waals surface area (Å²) in [6.45, 7) is 3.83. The summed E-state index contributed by atoms with van der Waals surface area (Å²) in [4.78, 5) is 11.8. The maximum absolute atomic E-state index is 13.0. The standard InChI is InChI=1S/C13H16F2N2O.ClH/c1-8(10-6-16-7-10)13(18)17-5-9-2-3-11(14)12(15)4-9;/h2-4,8,10,16H,5-7H2,1H3,(H,17,18);1H. The molecule has 1 atom stereocenters. The van der Waals surface area contributed by atoms with Gasteiger partial charge in [-0.3, -0.25) is 4.79 Å². The largest absolute Gasteiger partial charge is 0.352 e. The Bertz CT molecular complexity index is 452. The highest BCUT2D eigenvalue weighted by atomic mass is 35.5. The molecular weight excluding hydrogens is 274 g/mol. The predicted octanol–water partition coefficient (Wildman–Crippen LogP) is 1.86. The van der Waals surface area contributed by atoms with Crippen LogP contribution in [-0.4, -0.2) is 19.0 Å². The molecule has 0 saturated carbocycles. The van der Waals surface area contributed by atoms with Crippen LogP contribution in [0, 0.1) is 23.5 Å². The van der Waals surface area contributed by atoms with Crippen molar-refractivity contribution < 1.29 is 13.6 Å². The third-order valence-electron chi connectivity index (χ3n) is 3.38. The zero-order chi connectivity index (χ0) is 13.1. The summed E-state index contributed by atoms with van der Waals surface area (Å²) in [6, 6.07) is 3.63. The van der Waals surface area contributed by atoms with E-state index in [1.165, 1.54) is 6.07 Å². The van der Waals surface area contributed by atoms with E-state index in [0.29, 0.717) is 11.5 Å². The van der Waals surface area contributed by atoms with Gasteiger partial charge in [0, 0.05) is 12.5 Å². The van der Waals surface area contributed by atoms with Crippen LogP contribution in [0.2, 0.25) is 0 Å². The van der Waals surface area contributed by atoms with Gasteiger partial charge in [0.05, 0.1) is 0 Å². The quantitative estimate of drug-likeness (QED) is 0.889. The van der Waals surface area contributed by atoms with Gasteiger partial charge < -0.3 is 10.6 Å². The highest BCUT2D eigenvalue weighted by Gasteiger charge is 2.28. The number of nitrogens with one attached hydrogen (secondary N) is 2. The van der Waals surface area contributed by atoms with Crippen LogP contribution in [0.15, 0.2) is 18.2 Å². The first-order valence-electron chi connectivity index (χ1n) is 6.00. The molecule has 1 aromatic carbocycles. The second-order valence-electron chi connectivity index (χ2n) is 4.67. The van der Waals surface area contributed by atoms with Crippen LogP contribution in [0.1, 0.15) is 12.5 Å². The highest BCUT2D eigenvalue weighted by molar-refractivity contribution is 5.85. The Morgan fingerprint density at radius 2 is 2.11 bits per heavy atom. The smallest absolute Gasteiger partial charge is 0.223 e. The molecule has 0 spiro atoms. The molecule has 1 heterocycles. The van der Waals surface area contributed by atoms with E-state index in [9.17, 15) is 13.6 Å². The van der Waals surface area contributed by atoms with Crippen LogP contribution >= 0.6 is 12.4 Å². The Morgan fingerprint density at radius 1 is 1.42 bits per heavy atom. The summed E-state index contributed by atoms with van der Waals surface area (Å²) in [5.74, 6) is -1.50. The van der Waals surface area contributed by atoms with E-state index in [2.05, 4.69) is 10.6 Å². The number of amides is 1. The van der Waals surface area contributed by atoms with E-state index >= 15 is 0 Å². The summed E-state index contributed by atoms with van der Waals surface area (Å²) < 4.78 is 25.7. The maximum Gasteiger partial charge on any atom is 0.223 e. The normalized spacial score (nSPS) is 16.2. The molecule has 1 fully saturated rings. The SMILES string of the molecule is CC(C(=O)NCc1ccc(F)c(F)c1)C1CNC1.Cl. The maximum atomic E-state index is 13.0. The van der Waals surface area contributed by atoms with Crippen molar-refractivity contribution in [3.05, 3.63) is 35.4 Å². The second-order valence-corrected chi connectivity index (χ2v) is 4.67. The Balaban J connectivity index is 0.00000180. The van der Waals surface area contributed by atoms with Crippen LogP contribution in [0.4, 0.5) is 8.78 Å². The topological polar surface area (TPSA) is 41.1 Å². The van der Waals surface area contributed by atoms with Gasteiger partial charge >= 0.3 is 0 Å². The summed E-state index contributed by atoms with van der Waals surface area (Å²) in [6.07, 6.45) is 0. The van der Waals surface area contributed by atoms with Crippen LogP contribution in [0.25, 0.3) is 0 Å². The average molecular weight is 291 g/mol. The molecule has 1 saturated heterocycles. The highest BCUT2D eigenvalue weighted by Crippen LogP contribution is 2.16. The Hall–Kier alpha value is -1.20. The molecular formula is C13H17ClF2N2O. The molecule has 6 heteroatoms. The van der Waals surface area contributed by atoms with Crippen molar-refractivity contribution in [2.75, 3.05) is 13.1 Å². The zero-order valence-corrected chi connectivity index (χ0v) is 11.4. The van der Waals surface area contributed by atoms with Crippen molar-refractivity contribution in [1.29, 1.82) is 0 Å². The minimum Gasteiger partial charge on any atom is -0.352 e. The molecule has 3 nitrogen and oxygen atoms in total. The monoisotopic (exact) mass is 290 g/mol. The lowest BCUT2D eigenvalue weighted by molar-refractivity contribution is -0.126. The van der Waals surface area contributed by atoms with Crippen molar-refractivity contribution >= 4 is 18.3 Å². The number of carbonyl (C=O) groups is 1. The minimum atomic E-state index is -0.891. The van der Waals surface area contributed by atoms with Crippen LogP contribution < -0.4 is 10.6 Å². The van der Waals surface area contributed by atoms with Crippen LogP contribution in [0.5, 0.6) is 0 Å². The summed E-state index contributed by atoms with van der Waals surface area (Å²) in [7, 11) is 0. The van der Waals surface area contributed by atoms with Gasteiger partial charge in [0.15, 0.2) is 11.6 Å². The molecule has 1 aromatic rings. The van der Waals surface area contributed by atoms with E-state index in [1.807, 2.05) is 6.92 Å². The first-order valence-corrected chi connectivity index (χ1v) is 6.00. The molecule has 0 bridgehead atoms. The van der Waals surface area contributed by atoms with E-state index in [1.54, 1.807) is 0 Å². The number of hydrogen-bond donors (Lipinski definition) is 2. The zero-order valence-electron chi connectivity index (χ0n) is 10.6. The number of hydrogen-bond acceptors (Lipinski definition) is 2. The van der Waals surface area contributed by atoms with Gasteiger partial charge in [0.1, 0.15) is 0 Å². The number of halogens is 3. The van der Waals surface area contributed by atoms with Crippen molar-refractivity contribution in [3.63, 3.8) is 0 Å². The van der Waals surface area contributed by atoms with Gasteiger partial charge in [-0.25, -0.2) is 8.78 Å². The molecule has 106 valence electrons. The first kappa shape index (κ1) is 15.9. The lowest BCUT2D eigenvalue weighted by Crippen LogP contribution is -2.49. The molecule has 1 aliphatic rings. The minimum absolute atomic E-state index is 0. The van der Waals surface area contributed by atoms with Crippen LogP contribution in [0.3, 0.4) is 0 Å². The van der Waals surface area contributed by atoms with Gasteiger partial charge in [0.25, 0.3) is 0 Å². The van der Waals surface area contributed by atoms with Crippen molar-refractivity contribution in [1.82, 2.24) is 10.6 Å². The molecule has 1 amide bonds. The third kappa shape index (κ3) is 3.88. The molecule has 2 N–H and O–H groups in total. The van der Waals surface area contributed by atoms with Crippen LogP contribution in [-0.2, 0) is 11.3 Å². The van der Waals surface area contributed by atoms with Gasteiger partial charge in [-0.1, -0.05) is 13.0 Å². The predicted molar refractivity (Wildman–Crippen MR) is 71.0 cm³/mol. The summed E-state index contributed by atoms with van der Waals surface area (Å²) in [5, 5.41) is 5.85. The van der Waals surface area contributed by atoms with Crippen molar-refractivity contribution in [2.24, 2.45) is 11.8 Å². The summed E-state index contributed by atoms with van der Waals surface area (Å²) in [5.41, 5.74) is 0.557. The fraction of sp³-hybridized carbons (Fsp3) is 0.462. The van der Waals surface area contributed by atoms with Gasteiger partial charge in [-0.05, 0) is 36.7 Å². The van der Waals surface area contributed by atoms with Crippen molar-refractivity contribution in [3.8, 4) is 0 Å². The van der Waals surface area contributed by atoms with E-state index < -0.39 is 11.6 Å². The number of carbonyl (C=O) groups excluding carboxylic acids is 1. The van der Waals surface area contributed by atoms with Gasteiger partial charge in [-0.15, -0.1) is 12.4 Å². The third-order valence-corrected chi connectivity index (χ3v) is 3.38. The number of rotatable bonds is 4. The second kappa shape index (κ2) is 6.82. The Morgan fingerprint density at radius 3 is 2.63 bits per heavy atom. The lowest BCUT2D eigenvalue weighted by Gasteiger charge is -2.31. The van der Waals surface area contributed by atoms with Gasteiger partial charge in [-0.2, -0.15) is 0 Å². The first-order chi connectivity index (χ1) is 8.58. The molecule has 2 rings (SSSR count). The molecule has 19 heavy (non-hydrogen) atoms. The van der Waals surface area contributed by atoms with E-state index in [-0.39, 0.29) is 30.8 Å². The molecule has 0 aromatic heterocycles. The van der Waals surface area contributed by atoms with E-state index in [4.69, 9.17) is 0 Å². The van der Waals surface area contributed by atoms with E-state index in [0.717, 1.165) is 25.2 Å². The Kier molecular flexibility index (Phi) is 5.69. The molecule has 1 unspecified atom stereocenters. The average Bonchev–Trinajstić information content (AvgIpc) is 2.28. The van der Waals surface area contributed by atoms with Gasteiger partial charge in [0.2, 0.25) is 5.91 Å². The van der Waals surface area contributed by atoms with Crippen molar-refractivity contribution in [2.45, 2.75) is 13.5 Å². The molecule has 0 radical (unpaired) electrons. The lowest BCUT2D eigenvalue weighted by atomic mass is 9.88. The Labute approximate surface area is 117 Å².